The fraction of sp³-hybridized carbons (Fsp3) is 0.929. The number of amides is 2. The van der Waals surface area contributed by atoms with Crippen molar-refractivity contribution in [1.82, 2.24) is 10.6 Å². The molecule has 5 N–H and O–H groups in total. The average molecular weight is 595 g/mol. The summed E-state index contributed by atoms with van der Waals surface area (Å²) in [6.45, 7) is 6.05. The molecule has 0 aliphatic heterocycles. The minimum Gasteiger partial charge on any atom is -0.748 e. The molecule has 0 aromatic carbocycles. The van der Waals surface area contributed by atoms with Crippen LogP contribution in [0.5, 0.6) is 0 Å². The van der Waals surface area contributed by atoms with Crippen molar-refractivity contribution in [3.05, 3.63) is 0 Å². The van der Waals surface area contributed by atoms with E-state index in [9.17, 15) is 37.9 Å². The van der Waals surface area contributed by atoms with Crippen molar-refractivity contribution >= 4 is 21.9 Å². The van der Waals surface area contributed by atoms with Crippen LogP contribution < -0.4 is 40.2 Å². The van der Waals surface area contributed by atoms with Crippen molar-refractivity contribution in [3.8, 4) is 0 Å². The van der Waals surface area contributed by atoms with Gasteiger partial charge in [0.2, 0.25) is 11.8 Å². The maximum atomic E-state index is 12.4. The number of nitrogens with one attached hydrogen (secondary N) is 2. The molecular formula is C28H47N2NaO8S. The second-order valence-corrected chi connectivity index (χ2v) is 15.0. The molecule has 11 atom stereocenters. The largest absolute Gasteiger partial charge is 1.00 e. The number of carbonyl (C=O) groups is 2. The van der Waals surface area contributed by atoms with E-state index in [4.69, 9.17) is 0 Å². The van der Waals surface area contributed by atoms with E-state index in [1.165, 1.54) is 0 Å². The van der Waals surface area contributed by atoms with Crippen LogP contribution in [0.2, 0.25) is 0 Å². The molecule has 0 heterocycles. The van der Waals surface area contributed by atoms with Crippen LogP contribution in [0.3, 0.4) is 0 Å². The molecule has 10 nitrogen and oxygen atoms in total. The number of aliphatic hydroxyl groups excluding tert-OH is 3. The zero-order chi connectivity index (χ0) is 28.8. The topological polar surface area (TPSA) is 176 Å². The number of carbonyl (C=O) groups excluding carboxylic acids is 2. The zero-order valence-electron chi connectivity index (χ0n) is 24.5. The summed E-state index contributed by atoms with van der Waals surface area (Å²) < 4.78 is 31.9. The van der Waals surface area contributed by atoms with Gasteiger partial charge in [-0.05, 0) is 97.7 Å². The average Bonchev–Trinajstić information content (AvgIpc) is 3.20. The summed E-state index contributed by atoms with van der Waals surface area (Å²) >= 11 is 0. The molecule has 12 heteroatoms. The Morgan fingerprint density at radius 3 is 2.38 bits per heavy atom. The van der Waals surface area contributed by atoms with E-state index in [-0.39, 0.29) is 107 Å². The normalized spacial score (nSPS) is 41.5. The molecule has 0 bridgehead atoms. The smallest absolute Gasteiger partial charge is 0.748 e. The Labute approximate surface area is 260 Å². The van der Waals surface area contributed by atoms with Crippen LogP contribution in [0.4, 0.5) is 0 Å². The van der Waals surface area contributed by atoms with E-state index in [1.54, 1.807) is 0 Å². The van der Waals surface area contributed by atoms with Crippen LogP contribution in [0.25, 0.3) is 0 Å². The number of hydrogen-bond acceptors (Lipinski definition) is 8. The standard InChI is InChI=1S/C28H48N2O8S.Na/c1-16(4-7-24(34)30-15-25(35)29-10-11-39(36,37)38)19-5-6-20-26-21(14-23(33)28(19,20)3)27(2)9-8-18(31)12-17(27)13-22(26)32;/h16-23,26,31-33H,4-15H2,1-3H3,(H,29,35)(H,30,34)(H,36,37,38);/q;+1/p-1/t16?,17-,18?,19?,20-,21+,22?,23?,26-,27-,28+;/m0./s1. The van der Waals surface area contributed by atoms with Crippen LogP contribution >= 0.6 is 0 Å². The summed E-state index contributed by atoms with van der Waals surface area (Å²) in [4.78, 5) is 24.2. The van der Waals surface area contributed by atoms with E-state index in [2.05, 4.69) is 31.4 Å². The van der Waals surface area contributed by atoms with Crippen LogP contribution in [0.15, 0.2) is 0 Å². The van der Waals surface area contributed by atoms with E-state index in [0.717, 1.165) is 38.5 Å². The van der Waals surface area contributed by atoms with Crippen molar-refractivity contribution in [2.75, 3.05) is 18.8 Å². The molecule has 0 aromatic rings. The maximum absolute atomic E-state index is 12.4. The molecule has 0 radical (unpaired) electrons. The molecule has 2 amide bonds. The Hall–Kier alpha value is -0.270. The molecule has 4 saturated carbocycles. The first-order valence-corrected chi connectivity index (χ1v) is 16.3. The Morgan fingerprint density at radius 1 is 1.00 bits per heavy atom. The van der Waals surface area contributed by atoms with E-state index in [0.29, 0.717) is 12.8 Å². The predicted octanol–water partition coefficient (Wildman–Crippen LogP) is -1.85. The third kappa shape index (κ3) is 6.93. The molecule has 0 saturated heterocycles. The number of aliphatic hydroxyl groups is 3. The second-order valence-electron chi connectivity index (χ2n) is 13.4. The summed E-state index contributed by atoms with van der Waals surface area (Å²) in [5, 5.41) is 38.2. The minimum absolute atomic E-state index is 0. The molecule has 4 aliphatic carbocycles. The van der Waals surface area contributed by atoms with Gasteiger partial charge in [0.25, 0.3) is 0 Å². The third-order valence-electron chi connectivity index (χ3n) is 11.5. The van der Waals surface area contributed by atoms with Gasteiger partial charge < -0.3 is 30.5 Å². The molecular weight excluding hydrogens is 547 g/mol. The number of fused-ring (bicyclic) bond motifs is 5. The van der Waals surface area contributed by atoms with Crippen molar-refractivity contribution in [3.63, 3.8) is 0 Å². The van der Waals surface area contributed by atoms with Gasteiger partial charge in [0.05, 0.1) is 40.7 Å². The second kappa shape index (κ2) is 13.2. The molecule has 40 heavy (non-hydrogen) atoms. The first-order chi connectivity index (χ1) is 18.2. The van der Waals surface area contributed by atoms with Gasteiger partial charge in [-0.15, -0.1) is 0 Å². The van der Waals surface area contributed by atoms with Gasteiger partial charge in [0, 0.05) is 13.0 Å². The van der Waals surface area contributed by atoms with Crippen LogP contribution in [-0.2, 0) is 19.7 Å². The quantitative estimate of drug-likeness (QED) is 0.153. The molecule has 0 spiro atoms. The van der Waals surface area contributed by atoms with Gasteiger partial charge in [-0.1, -0.05) is 20.8 Å². The molecule has 4 fully saturated rings. The van der Waals surface area contributed by atoms with E-state index < -0.39 is 34.0 Å². The first kappa shape index (κ1) is 34.2. The summed E-state index contributed by atoms with van der Waals surface area (Å²) in [6, 6.07) is 0. The van der Waals surface area contributed by atoms with Crippen molar-refractivity contribution in [1.29, 1.82) is 0 Å². The Balaban J connectivity index is 0.00000441. The number of rotatable bonds is 9. The first-order valence-electron chi connectivity index (χ1n) is 14.7. The van der Waals surface area contributed by atoms with Crippen LogP contribution in [0, 0.1) is 46.3 Å². The van der Waals surface area contributed by atoms with Gasteiger partial charge >= 0.3 is 29.6 Å². The van der Waals surface area contributed by atoms with Crippen molar-refractivity contribution < 1.29 is 67.4 Å². The monoisotopic (exact) mass is 594 g/mol. The predicted molar refractivity (Wildman–Crippen MR) is 143 cm³/mol. The zero-order valence-corrected chi connectivity index (χ0v) is 27.3. The Kier molecular flexibility index (Phi) is 11.3. The van der Waals surface area contributed by atoms with Gasteiger partial charge in [-0.3, -0.25) is 9.59 Å². The van der Waals surface area contributed by atoms with Crippen molar-refractivity contribution in [2.24, 2.45) is 46.3 Å². The van der Waals surface area contributed by atoms with Crippen LogP contribution in [0.1, 0.15) is 78.6 Å². The number of hydrogen-bond donors (Lipinski definition) is 5. The summed E-state index contributed by atoms with van der Waals surface area (Å²) in [6.07, 6.45) is 5.39. The van der Waals surface area contributed by atoms with Crippen LogP contribution in [-0.4, -0.2) is 77.3 Å². The Morgan fingerprint density at radius 2 is 1.70 bits per heavy atom. The van der Waals surface area contributed by atoms with Gasteiger partial charge in [-0.25, -0.2) is 8.42 Å². The molecule has 4 rings (SSSR count). The maximum Gasteiger partial charge on any atom is 1.00 e. The van der Waals surface area contributed by atoms with Gasteiger partial charge in [-0.2, -0.15) is 0 Å². The van der Waals surface area contributed by atoms with Gasteiger partial charge in [0.1, 0.15) is 0 Å². The summed E-state index contributed by atoms with van der Waals surface area (Å²) in [7, 11) is -4.41. The Bertz CT molecular complexity index is 1030. The van der Waals surface area contributed by atoms with Gasteiger partial charge in [0.15, 0.2) is 0 Å². The molecule has 0 aromatic heterocycles. The summed E-state index contributed by atoms with van der Waals surface area (Å²) in [5.41, 5.74) is -0.306. The molecule has 5 unspecified atom stereocenters. The van der Waals surface area contributed by atoms with E-state index in [1.807, 2.05) is 0 Å². The third-order valence-corrected chi connectivity index (χ3v) is 12.2. The SMILES string of the molecule is CC(CCC(=O)NCC(=O)NCCS(=O)(=O)[O-])C1CC[C@H]2[C@@H]3C(O)C[C@@H]4CC(O)CC[C@]4(C)[C@@H]3CC(O)[C@]12C.[Na+]. The van der Waals surface area contributed by atoms with E-state index >= 15 is 0 Å². The minimum atomic E-state index is -4.41. The molecule has 224 valence electrons. The summed E-state index contributed by atoms with van der Waals surface area (Å²) in [5.74, 6) is -0.259. The molecule has 4 aliphatic rings. The van der Waals surface area contributed by atoms with Crippen molar-refractivity contribution in [2.45, 2.75) is 96.9 Å². The fourth-order valence-corrected chi connectivity index (χ4v) is 9.69. The fourth-order valence-electron chi connectivity index (χ4n) is 9.34.